The molecule has 1 atom stereocenters. The van der Waals surface area contributed by atoms with Crippen LogP contribution in [0.1, 0.15) is 55.7 Å². The lowest BCUT2D eigenvalue weighted by molar-refractivity contribution is -0.143. The van der Waals surface area contributed by atoms with Crippen molar-refractivity contribution in [1.82, 2.24) is 10.2 Å². The van der Waals surface area contributed by atoms with Crippen LogP contribution in [0, 0.1) is 13.8 Å². The molecule has 0 spiro atoms. The van der Waals surface area contributed by atoms with Crippen molar-refractivity contribution in [2.24, 2.45) is 0 Å². The van der Waals surface area contributed by atoms with E-state index in [-0.39, 0.29) is 31.0 Å². The number of ether oxygens (including phenoxy) is 1. The quantitative estimate of drug-likeness (QED) is 0.479. The van der Waals surface area contributed by atoms with Gasteiger partial charge in [-0.2, -0.15) is 0 Å². The van der Waals surface area contributed by atoms with Gasteiger partial charge in [-0.15, -0.1) is 0 Å². The fourth-order valence-corrected chi connectivity index (χ4v) is 4.63. The maximum atomic E-state index is 13.4. The summed E-state index contributed by atoms with van der Waals surface area (Å²) in [6, 6.07) is 10.7. The Morgan fingerprint density at radius 1 is 1.09 bits per heavy atom. The van der Waals surface area contributed by atoms with Crippen molar-refractivity contribution in [1.29, 1.82) is 0 Å². The van der Waals surface area contributed by atoms with Gasteiger partial charge >= 0.3 is 0 Å². The summed E-state index contributed by atoms with van der Waals surface area (Å²) in [4.78, 5) is 28.1. The molecule has 0 aromatic heterocycles. The highest BCUT2D eigenvalue weighted by Crippen LogP contribution is 2.25. The van der Waals surface area contributed by atoms with Crippen LogP contribution in [0.5, 0.6) is 5.75 Å². The lowest BCUT2D eigenvalue weighted by Gasteiger charge is -2.31. The number of nitrogens with zero attached hydrogens (tertiary/aromatic N) is 1. The van der Waals surface area contributed by atoms with E-state index in [2.05, 4.69) is 5.32 Å². The molecule has 3 rings (SSSR count). The molecule has 5 nitrogen and oxygen atoms in total. The van der Waals surface area contributed by atoms with Crippen LogP contribution >= 0.6 is 23.2 Å². The van der Waals surface area contributed by atoms with Crippen LogP contribution in [0.2, 0.25) is 10.0 Å². The van der Waals surface area contributed by atoms with Crippen molar-refractivity contribution >= 4 is 35.0 Å². The van der Waals surface area contributed by atoms with Crippen molar-refractivity contribution in [3.05, 3.63) is 63.1 Å². The fraction of sp³-hybridized carbons (Fsp3) is 0.462. The predicted octanol–water partition coefficient (Wildman–Crippen LogP) is 5.86. The monoisotopic (exact) mass is 490 g/mol. The number of aryl methyl sites for hydroxylation is 2. The van der Waals surface area contributed by atoms with Gasteiger partial charge in [0.1, 0.15) is 11.8 Å². The zero-order valence-corrected chi connectivity index (χ0v) is 21.0. The molecule has 1 N–H and O–H groups in total. The molecule has 1 unspecified atom stereocenters. The van der Waals surface area contributed by atoms with Gasteiger partial charge in [0.2, 0.25) is 5.91 Å². The Kier molecular flexibility index (Phi) is 9.04. The second-order valence-corrected chi connectivity index (χ2v) is 9.56. The molecular formula is C26H32Cl2N2O3. The van der Waals surface area contributed by atoms with Crippen molar-refractivity contribution < 1.29 is 14.3 Å². The highest BCUT2D eigenvalue weighted by Gasteiger charge is 2.31. The minimum Gasteiger partial charge on any atom is -0.483 e. The topological polar surface area (TPSA) is 58.6 Å². The first kappa shape index (κ1) is 25.4. The summed E-state index contributed by atoms with van der Waals surface area (Å²) < 4.78 is 5.85. The zero-order valence-electron chi connectivity index (χ0n) is 19.5. The summed E-state index contributed by atoms with van der Waals surface area (Å²) in [5.41, 5.74) is 2.89. The van der Waals surface area contributed by atoms with Crippen LogP contribution in [0.25, 0.3) is 0 Å². The van der Waals surface area contributed by atoms with E-state index < -0.39 is 6.04 Å². The van der Waals surface area contributed by atoms with E-state index in [1.54, 1.807) is 17.0 Å². The third-order valence-corrected chi connectivity index (χ3v) is 6.85. The lowest BCUT2D eigenvalue weighted by atomic mass is 10.1. The number of benzene rings is 2. The van der Waals surface area contributed by atoms with Crippen molar-refractivity contribution in [3.63, 3.8) is 0 Å². The molecule has 0 saturated heterocycles. The van der Waals surface area contributed by atoms with Gasteiger partial charge in [0.15, 0.2) is 6.61 Å². The summed E-state index contributed by atoms with van der Waals surface area (Å²) in [7, 11) is 0. The van der Waals surface area contributed by atoms with Gasteiger partial charge in [0, 0.05) is 12.6 Å². The largest absolute Gasteiger partial charge is 0.483 e. The Balaban J connectivity index is 1.79. The summed E-state index contributed by atoms with van der Waals surface area (Å²) >= 11 is 12.3. The summed E-state index contributed by atoms with van der Waals surface area (Å²) in [5, 5.41) is 4.00. The number of halogens is 2. The van der Waals surface area contributed by atoms with Gasteiger partial charge in [0.05, 0.1) is 10.0 Å². The van der Waals surface area contributed by atoms with Gasteiger partial charge < -0.3 is 15.0 Å². The number of carbonyl (C=O) groups excluding carboxylic acids is 2. The Labute approximate surface area is 206 Å². The second-order valence-electron chi connectivity index (χ2n) is 8.74. The summed E-state index contributed by atoms with van der Waals surface area (Å²) in [6.07, 6.45) is 4.71. The second kappa shape index (κ2) is 11.8. The first-order valence-electron chi connectivity index (χ1n) is 11.5. The van der Waals surface area contributed by atoms with E-state index >= 15 is 0 Å². The van der Waals surface area contributed by atoms with E-state index in [9.17, 15) is 9.59 Å². The maximum Gasteiger partial charge on any atom is 0.261 e. The van der Waals surface area contributed by atoms with Gasteiger partial charge in [-0.3, -0.25) is 9.59 Å². The van der Waals surface area contributed by atoms with Crippen LogP contribution in [0.15, 0.2) is 36.4 Å². The molecule has 0 aliphatic heterocycles. The van der Waals surface area contributed by atoms with E-state index in [1.165, 1.54) is 0 Å². The minimum absolute atomic E-state index is 0.121. The lowest BCUT2D eigenvalue weighted by Crippen LogP contribution is -2.52. The third-order valence-electron chi connectivity index (χ3n) is 6.11. The molecule has 7 heteroatoms. The Morgan fingerprint density at radius 2 is 1.82 bits per heavy atom. The number of amides is 2. The average molecular weight is 491 g/mol. The smallest absolute Gasteiger partial charge is 0.261 e. The minimum atomic E-state index is -0.602. The van der Waals surface area contributed by atoms with Crippen LogP contribution in [-0.2, 0) is 16.1 Å². The number of rotatable bonds is 9. The van der Waals surface area contributed by atoms with E-state index in [0.29, 0.717) is 22.2 Å². The Morgan fingerprint density at radius 3 is 2.45 bits per heavy atom. The normalized spacial score (nSPS) is 14.7. The van der Waals surface area contributed by atoms with Crippen LogP contribution in [0.4, 0.5) is 0 Å². The maximum absolute atomic E-state index is 13.4. The fourth-order valence-electron chi connectivity index (χ4n) is 4.31. The number of hydrogen-bond acceptors (Lipinski definition) is 3. The SMILES string of the molecule is CCC(C(=O)NC1CCCC1)N(Cc1ccc(Cl)c(Cl)c1)C(=O)COc1ccc(C)cc1C. The third kappa shape index (κ3) is 6.87. The molecule has 0 radical (unpaired) electrons. The first-order chi connectivity index (χ1) is 15.8. The van der Waals surface area contributed by atoms with Crippen LogP contribution in [0.3, 0.4) is 0 Å². The molecule has 1 aliphatic carbocycles. The standard InChI is InChI=1S/C26H32Cl2N2O3/c1-4-23(26(32)29-20-7-5-6-8-20)30(15-19-10-11-21(27)22(28)14-19)25(31)16-33-24-12-9-17(2)13-18(24)3/h9-14,20,23H,4-8,15-16H2,1-3H3,(H,29,32). The van der Waals surface area contributed by atoms with E-state index in [0.717, 1.165) is 42.4 Å². The highest BCUT2D eigenvalue weighted by molar-refractivity contribution is 6.42. The summed E-state index contributed by atoms with van der Waals surface area (Å²) in [5.74, 6) is 0.283. The predicted molar refractivity (Wildman–Crippen MR) is 133 cm³/mol. The number of nitrogens with one attached hydrogen (secondary N) is 1. The molecule has 0 heterocycles. The Bertz CT molecular complexity index is 989. The Hall–Kier alpha value is -2.24. The van der Waals surface area contributed by atoms with E-state index in [4.69, 9.17) is 27.9 Å². The molecule has 1 fully saturated rings. The number of hydrogen-bond donors (Lipinski definition) is 1. The first-order valence-corrected chi connectivity index (χ1v) is 12.3. The molecule has 2 amide bonds. The van der Waals surface area contributed by atoms with Crippen LogP contribution in [-0.4, -0.2) is 35.4 Å². The zero-order chi connectivity index (χ0) is 24.0. The van der Waals surface area contributed by atoms with Crippen molar-refractivity contribution in [3.8, 4) is 5.75 Å². The summed E-state index contributed by atoms with van der Waals surface area (Å²) in [6.45, 7) is 5.96. The molecule has 1 aliphatic rings. The van der Waals surface area contributed by atoms with E-state index in [1.807, 2.05) is 45.0 Å². The molecule has 1 saturated carbocycles. The molecule has 0 bridgehead atoms. The molecule has 178 valence electrons. The van der Waals surface area contributed by atoms with Crippen LogP contribution < -0.4 is 10.1 Å². The van der Waals surface area contributed by atoms with Crippen molar-refractivity contribution in [2.75, 3.05) is 6.61 Å². The number of carbonyl (C=O) groups is 2. The van der Waals surface area contributed by atoms with Crippen molar-refractivity contribution in [2.45, 2.75) is 71.5 Å². The van der Waals surface area contributed by atoms with Gasteiger partial charge in [0.25, 0.3) is 5.91 Å². The molecule has 2 aromatic rings. The van der Waals surface area contributed by atoms with Gasteiger partial charge in [-0.25, -0.2) is 0 Å². The molecule has 33 heavy (non-hydrogen) atoms. The highest BCUT2D eigenvalue weighted by atomic mass is 35.5. The van der Waals surface area contributed by atoms with Gasteiger partial charge in [-0.1, -0.05) is 66.7 Å². The molecular weight excluding hydrogens is 459 g/mol. The average Bonchev–Trinajstić information content (AvgIpc) is 3.28. The van der Waals surface area contributed by atoms with Gasteiger partial charge in [-0.05, 0) is 62.4 Å². The molecule has 2 aromatic carbocycles.